The Morgan fingerprint density at radius 2 is 1.94 bits per heavy atom. The first kappa shape index (κ1) is 24.0. The standard InChI is InChI=1S/C25H27Cl2FN2O3/c1-5-33-22(31)21-20(13-7-6-8-14(26)9-13)25(19(30-21)12-24(2,3)4)15-10-17(28)16(27)11-18(15)29-23(25)32/h6-11,19-21,30H,5,12H2,1-4H3,(H,29,32)/t19-,20+,21-,25+/m1/s1. The van der Waals surface area contributed by atoms with E-state index in [1.165, 1.54) is 12.1 Å². The van der Waals surface area contributed by atoms with Crippen LogP contribution in [0, 0.1) is 11.2 Å². The summed E-state index contributed by atoms with van der Waals surface area (Å²) in [4.78, 5) is 27.0. The number of carbonyl (C=O) groups is 2. The lowest BCUT2D eigenvalue weighted by molar-refractivity contribution is -0.145. The molecule has 0 bridgehead atoms. The van der Waals surface area contributed by atoms with Crippen molar-refractivity contribution >= 4 is 40.8 Å². The minimum absolute atomic E-state index is 0.0781. The van der Waals surface area contributed by atoms with E-state index in [0.717, 1.165) is 0 Å². The van der Waals surface area contributed by atoms with Crippen LogP contribution in [0.5, 0.6) is 0 Å². The van der Waals surface area contributed by atoms with Crippen LogP contribution in [0.4, 0.5) is 10.1 Å². The third-order valence-corrected chi connectivity index (χ3v) is 6.97. The molecule has 4 atom stereocenters. The maximum absolute atomic E-state index is 14.8. The Kier molecular flexibility index (Phi) is 6.23. The van der Waals surface area contributed by atoms with E-state index < -0.39 is 35.2 Å². The van der Waals surface area contributed by atoms with Gasteiger partial charge in [0.1, 0.15) is 17.3 Å². The Balaban J connectivity index is 2.02. The summed E-state index contributed by atoms with van der Waals surface area (Å²) >= 11 is 12.4. The van der Waals surface area contributed by atoms with Gasteiger partial charge in [-0.15, -0.1) is 0 Å². The summed E-state index contributed by atoms with van der Waals surface area (Å²) < 4.78 is 20.2. The Bertz CT molecular complexity index is 1120. The number of esters is 1. The molecular formula is C25H27Cl2FN2O3. The van der Waals surface area contributed by atoms with Crippen LogP contribution in [0.1, 0.15) is 51.2 Å². The molecule has 8 heteroatoms. The third kappa shape index (κ3) is 4.02. The molecule has 0 aromatic heterocycles. The Hall–Kier alpha value is -2.15. The zero-order valence-electron chi connectivity index (χ0n) is 19.0. The molecule has 33 heavy (non-hydrogen) atoms. The first-order chi connectivity index (χ1) is 15.5. The molecule has 0 unspecified atom stereocenters. The maximum Gasteiger partial charge on any atom is 0.323 e. The van der Waals surface area contributed by atoms with Crippen LogP contribution in [-0.4, -0.2) is 30.6 Å². The van der Waals surface area contributed by atoms with E-state index >= 15 is 0 Å². The van der Waals surface area contributed by atoms with Crippen LogP contribution in [0.15, 0.2) is 36.4 Å². The quantitative estimate of drug-likeness (QED) is 0.557. The van der Waals surface area contributed by atoms with Crippen molar-refractivity contribution in [2.45, 2.75) is 57.5 Å². The van der Waals surface area contributed by atoms with Gasteiger partial charge in [0, 0.05) is 22.7 Å². The van der Waals surface area contributed by atoms with E-state index in [-0.39, 0.29) is 23.0 Å². The number of carbonyl (C=O) groups excluding carboxylic acids is 2. The number of rotatable bonds is 4. The molecule has 2 aliphatic rings. The van der Waals surface area contributed by atoms with Crippen LogP contribution in [0.2, 0.25) is 10.0 Å². The van der Waals surface area contributed by atoms with Gasteiger partial charge in [0.2, 0.25) is 5.91 Å². The number of amides is 1. The summed E-state index contributed by atoms with van der Waals surface area (Å²) in [5.74, 6) is -2.07. The average molecular weight is 493 g/mol. The lowest BCUT2D eigenvalue weighted by atomic mass is 9.62. The van der Waals surface area contributed by atoms with Crippen molar-refractivity contribution in [2.75, 3.05) is 11.9 Å². The molecule has 5 nitrogen and oxygen atoms in total. The van der Waals surface area contributed by atoms with Crippen LogP contribution < -0.4 is 10.6 Å². The molecule has 1 fully saturated rings. The molecule has 2 aliphatic heterocycles. The SMILES string of the molecule is CCOC(=O)[C@@H]1N[C@H](CC(C)(C)C)[C@]2(C(=O)Nc3cc(Cl)c(F)cc32)[C@H]1c1cccc(Cl)c1. The number of ether oxygens (including phenoxy) is 1. The second-order valence-corrected chi connectivity index (χ2v) is 10.7. The molecular weight excluding hydrogens is 466 g/mol. The summed E-state index contributed by atoms with van der Waals surface area (Å²) in [6.07, 6.45) is 0.553. The second-order valence-electron chi connectivity index (χ2n) is 9.88. The molecule has 2 aromatic carbocycles. The number of hydrogen-bond donors (Lipinski definition) is 2. The predicted octanol–water partition coefficient (Wildman–Crippen LogP) is 5.45. The van der Waals surface area contributed by atoms with Gasteiger partial charge in [0.25, 0.3) is 0 Å². The minimum Gasteiger partial charge on any atom is -0.465 e. The lowest BCUT2D eigenvalue weighted by Crippen LogP contribution is -2.49. The maximum atomic E-state index is 14.8. The number of halogens is 3. The molecule has 176 valence electrons. The molecule has 2 N–H and O–H groups in total. The highest BCUT2D eigenvalue weighted by atomic mass is 35.5. The number of benzene rings is 2. The molecule has 0 radical (unpaired) electrons. The minimum atomic E-state index is -1.27. The number of hydrogen-bond acceptors (Lipinski definition) is 4. The van der Waals surface area contributed by atoms with Crippen molar-refractivity contribution in [3.8, 4) is 0 Å². The van der Waals surface area contributed by atoms with Crippen molar-refractivity contribution in [1.29, 1.82) is 0 Å². The summed E-state index contributed by atoms with van der Waals surface area (Å²) in [5.41, 5.74) is 0.163. The number of fused-ring (bicyclic) bond motifs is 2. The Labute approximate surface area is 203 Å². The molecule has 1 amide bonds. The van der Waals surface area contributed by atoms with Gasteiger partial charge in [-0.05, 0) is 54.2 Å². The van der Waals surface area contributed by atoms with Crippen molar-refractivity contribution in [1.82, 2.24) is 5.32 Å². The van der Waals surface area contributed by atoms with Gasteiger partial charge in [-0.3, -0.25) is 14.9 Å². The number of anilines is 1. The van der Waals surface area contributed by atoms with Gasteiger partial charge < -0.3 is 10.1 Å². The van der Waals surface area contributed by atoms with Gasteiger partial charge in [0.05, 0.1) is 11.6 Å². The smallest absolute Gasteiger partial charge is 0.323 e. The normalized spacial score (nSPS) is 26.4. The zero-order chi connectivity index (χ0) is 24.1. The summed E-state index contributed by atoms with van der Waals surface area (Å²) in [6.45, 7) is 8.11. The van der Waals surface area contributed by atoms with Gasteiger partial charge in [-0.1, -0.05) is 56.1 Å². The van der Waals surface area contributed by atoms with Gasteiger partial charge in [-0.25, -0.2) is 4.39 Å². The topological polar surface area (TPSA) is 67.4 Å². The molecule has 0 saturated carbocycles. The second kappa shape index (κ2) is 8.57. The fourth-order valence-electron chi connectivity index (χ4n) is 5.34. The van der Waals surface area contributed by atoms with E-state index in [2.05, 4.69) is 31.4 Å². The Morgan fingerprint density at radius 3 is 2.58 bits per heavy atom. The van der Waals surface area contributed by atoms with Gasteiger partial charge >= 0.3 is 5.97 Å². The van der Waals surface area contributed by atoms with Gasteiger partial charge in [0.15, 0.2) is 0 Å². The van der Waals surface area contributed by atoms with Crippen molar-refractivity contribution in [3.05, 3.63) is 63.4 Å². The lowest BCUT2D eigenvalue weighted by Gasteiger charge is -2.37. The van der Waals surface area contributed by atoms with E-state index in [1.807, 2.05) is 6.07 Å². The predicted molar refractivity (Wildman–Crippen MR) is 127 cm³/mol. The fraction of sp³-hybridized carbons (Fsp3) is 0.440. The Morgan fingerprint density at radius 1 is 1.21 bits per heavy atom. The molecule has 1 spiro atoms. The largest absolute Gasteiger partial charge is 0.465 e. The number of nitrogens with one attached hydrogen (secondary N) is 2. The third-order valence-electron chi connectivity index (χ3n) is 6.45. The highest BCUT2D eigenvalue weighted by Gasteiger charge is 2.66. The van der Waals surface area contributed by atoms with Crippen LogP contribution >= 0.6 is 23.2 Å². The average Bonchev–Trinajstić information content (AvgIpc) is 3.18. The monoisotopic (exact) mass is 492 g/mol. The molecule has 2 heterocycles. The first-order valence-electron chi connectivity index (χ1n) is 11.0. The summed E-state index contributed by atoms with van der Waals surface area (Å²) in [6, 6.07) is 8.54. The first-order valence-corrected chi connectivity index (χ1v) is 11.7. The molecule has 2 aromatic rings. The highest BCUT2D eigenvalue weighted by Crippen LogP contribution is 2.57. The molecule has 0 aliphatic carbocycles. The molecule has 4 rings (SSSR count). The van der Waals surface area contributed by atoms with Crippen molar-refractivity contribution < 1.29 is 18.7 Å². The van der Waals surface area contributed by atoms with E-state index in [9.17, 15) is 14.0 Å². The van der Waals surface area contributed by atoms with Crippen LogP contribution in [0.25, 0.3) is 0 Å². The van der Waals surface area contributed by atoms with E-state index in [0.29, 0.717) is 28.3 Å². The zero-order valence-corrected chi connectivity index (χ0v) is 20.5. The highest BCUT2D eigenvalue weighted by molar-refractivity contribution is 6.31. The van der Waals surface area contributed by atoms with Crippen LogP contribution in [0.3, 0.4) is 0 Å². The fourth-order valence-corrected chi connectivity index (χ4v) is 5.71. The molecule has 1 saturated heterocycles. The van der Waals surface area contributed by atoms with Crippen molar-refractivity contribution in [2.24, 2.45) is 5.41 Å². The summed E-state index contributed by atoms with van der Waals surface area (Å²) in [7, 11) is 0. The summed E-state index contributed by atoms with van der Waals surface area (Å²) in [5, 5.41) is 6.71. The van der Waals surface area contributed by atoms with E-state index in [4.69, 9.17) is 27.9 Å². The van der Waals surface area contributed by atoms with Crippen LogP contribution in [-0.2, 0) is 19.7 Å². The van der Waals surface area contributed by atoms with Gasteiger partial charge in [-0.2, -0.15) is 0 Å². The van der Waals surface area contributed by atoms with E-state index in [1.54, 1.807) is 25.1 Å². The van der Waals surface area contributed by atoms with Crippen molar-refractivity contribution in [3.63, 3.8) is 0 Å².